The Bertz CT molecular complexity index is 287. The highest BCUT2D eigenvalue weighted by Gasteiger charge is 2.14. The summed E-state index contributed by atoms with van der Waals surface area (Å²) in [5.41, 5.74) is 0.274. The molecule has 1 rings (SSSR count). The van der Waals surface area contributed by atoms with E-state index in [1.165, 1.54) is 0 Å². The first kappa shape index (κ1) is 11.3. The number of pyridine rings is 1. The number of anilines is 1. The van der Waals surface area contributed by atoms with E-state index in [1.54, 1.807) is 6.20 Å². The molecule has 1 heterocycles. The third kappa shape index (κ3) is 3.54. The standard InChI is InChI=1S/C11H17ClN2/c1-11(2,3)8-14(4)10-6-5-9(12)7-13-10/h5-7H,8H2,1-4H3. The molecule has 0 fully saturated rings. The van der Waals surface area contributed by atoms with Crippen LogP contribution in [0.3, 0.4) is 0 Å². The maximum Gasteiger partial charge on any atom is 0.128 e. The molecule has 1 aromatic heterocycles. The molecule has 0 radical (unpaired) electrons. The lowest BCUT2D eigenvalue weighted by Crippen LogP contribution is -2.29. The lowest BCUT2D eigenvalue weighted by molar-refractivity contribution is 0.418. The van der Waals surface area contributed by atoms with Gasteiger partial charge in [-0.1, -0.05) is 32.4 Å². The molecular weight excluding hydrogens is 196 g/mol. The first-order chi connectivity index (χ1) is 6.38. The maximum atomic E-state index is 5.77. The molecule has 0 saturated carbocycles. The van der Waals surface area contributed by atoms with Crippen LogP contribution in [0.5, 0.6) is 0 Å². The van der Waals surface area contributed by atoms with Gasteiger partial charge in [0, 0.05) is 19.8 Å². The fourth-order valence-corrected chi connectivity index (χ4v) is 1.50. The summed E-state index contributed by atoms with van der Waals surface area (Å²) in [5.74, 6) is 0.962. The smallest absolute Gasteiger partial charge is 0.128 e. The van der Waals surface area contributed by atoms with Gasteiger partial charge in [-0.2, -0.15) is 0 Å². The van der Waals surface area contributed by atoms with Gasteiger partial charge in [-0.3, -0.25) is 0 Å². The summed E-state index contributed by atoms with van der Waals surface area (Å²) in [5, 5.41) is 0.679. The maximum absolute atomic E-state index is 5.77. The molecule has 3 heteroatoms. The molecular formula is C11H17ClN2. The topological polar surface area (TPSA) is 16.1 Å². The van der Waals surface area contributed by atoms with E-state index < -0.39 is 0 Å². The molecule has 2 nitrogen and oxygen atoms in total. The van der Waals surface area contributed by atoms with Crippen LogP contribution in [-0.2, 0) is 0 Å². The van der Waals surface area contributed by atoms with Gasteiger partial charge in [-0.15, -0.1) is 0 Å². The van der Waals surface area contributed by atoms with Crippen molar-refractivity contribution in [2.24, 2.45) is 5.41 Å². The van der Waals surface area contributed by atoms with Crippen LogP contribution in [0.2, 0.25) is 5.02 Å². The average molecular weight is 213 g/mol. The van der Waals surface area contributed by atoms with Crippen LogP contribution in [0.15, 0.2) is 18.3 Å². The Morgan fingerprint density at radius 1 is 1.36 bits per heavy atom. The first-order valence-electron chi connectivity index (χ1n) is 4.71. The van der Waals surface area contributed by atoms with Crippen molar-refractivity contribution in [2.45, 2.75) is 20.8 Å². The van der Waals surface area contributed by atoms with Crippen molar-refractivity contribution in [1.82, 2.24) is 4.98 Å². The quantitative estimate of drug-likeness (QED) is 0.749. The predicted octanol–water partition coefficient (Wildman–Crippen LogP) is 3.22. The number of rotatable bonds is 2. The van der Waals surface area contributed by atoms with Crippen molar-refractivity contribution >= 4 is 17.4 Å². The van der Waals surface area contributed by atoms with E-state index in [4.69, 9.17) is 11.6 Å². The summed E-state index contributed by atoms with van der Waals surface area (Å²) >= 11 is 5.77. The van der Waals surface area contributed by atoms with Crippen LogP contribution in [-0.4, -0.2) is 18.6 Å². The van der Waals surface area contributed by atoms with Crippen molar-refractivity contribution in [3.05, 3.63) is 23.4 Å². The molecule has 14 heavy (non-hydrogen) atoms. The van der Waals surface area contributed by atoms with E-state index in [1.807, 2.05) is 19.2 Å². The summed E-state index contributed by atoms with van der Waals surface area (Å²) in [6.45, 7) is 7.60. The first-order valence-corrected chi connectivity index (χ1v) is 5.09. The minimum Gasteiger partial charge on any atom is -0.359 e. The van der Waals surface area contributed by atoms with Gasteiger partial charge in [0.05, 0.1) is 5.02 Å². The van der Waals surface area contributed by atoms with Crippen molar-refractivity contribution < 1.29 is 0 Å². The zero-order chi connectivity index (χ0) is 10.8. The second kappa shape index (κ2) is 4.18. The zero-order valence-electron chi connectivity index (χ0n) is 9.21. The summed E-state index contributed by atoms with van der Waals surface area (Å²) in [7, 11) is 2.04. The molecule has 78 valence electrons. The highest BCUT2D eigenvalue weighted by molar-refractivity contribution is 6.30. The lowest BCUT2D eigenvalue weighted by Gasteiger charge is -2.27. The molecule has 0 aliphatic heterocycles. The van der Waals surface area contributed by atoms with Gasteiger partial charge in [-0.25, -0.2) is 4.98 Å². The van der Waals surface area contributed by atoms with Crippen LogP contribution < -0.4 is 4.90 Å². The number of nitrogens with zero attached hydrogens (tertiary/aromatic N) is 2. The number of halogens is 1. The molecule has 0 aromatic carbocycles. The molecule has 0 unspecified atom stereocenters. The van der Waals surface area contributed by atoms with Crippen LogP contribution in [0.1, 0.15) is 20.8 Å². The van der Waals surface area contributed by atoms with Crippen LogP contribution >= 0.6 is 11.6 Å². The largest absolute Gasteiger partial charge is 0.359 e. The van der Waals surface area contributed by atoms with E-state index in [9.17, 15) is 0 Å². The minimum atomic E-state index is 0.274. The Hall–Kier alpha value is -0.760. The van der Waals surface area contributed by atoms with Gasteiger partial charge < -0.3 is 4.90 Å². The normalized spacial score (nSPS) is 11.5. The van der Waals surface area contributed by atoms with Gasteiger partial charge in [-0.05, 0) is 17.5 Å². The average Bonchev–Trinajstić information content (AvgIpc) is 2.02. The SMILES string of the molecule is CN(CC(C)(C)C)c1ccc(Cl)cn1. The molecule has 0 aliphatic rings. The monoisotopic (exact) mass is 212 g/mol. The Morgan fingerprint density at radius 2 is 2.00 bits per heavy atom. The van der Waals surface area contributed by atoms with Crippen LogP contribution in [0, 0.1) is 5.41 Å². The Morgan fingerprint density at radius 3 is 2.43 bits per heavy atom. The Balaban J connectivity index is 2.70. The van der Waals surface area contributed by atoms with Crippen molar-refractivity contribution in [3.63, 3.8) is 0 Å². The summed E-state index contributed by atoms with van der Waals surface area (Å²) in [4.78, 5) is 6.39. The molecule has 1 aromatic rings. The molecule has 0 amide bonds. The van der Waals surface area contributed by atoms with Gasteiger partial charge in [0.25, 0.3) is 0 Å². The highest BCUT2D eigenvalue weighted by Crippen LogP contribution is 2.19. The molecule has 0 bridgehead atoms. The fraction of sp³-hybridized carbons (Fsp3) is 0.545. The molecule has 0 atom stereocenters. The van der Waals surface area contributed by atoms with E-state index in [0.29, 0.717) is 5.02 Å². The number of aromatic nitrogens is 1. The molecule has 0 spiro atoms. The zero-order valence-corrected chi connectivity index (χ0v) is 9.97. The molecule has 0 saturated heterocycles. The lowest BCUT2D eigenvalue weighted by atomic mass is 9.96. The van der Waals surface area contributed by atoms with Crippen molar-refractivity contribution in [1.29, 1.82) is 0 Å². The third-order valence-corrected chi connectivity index (χ3v) is 2.04. The summed E-state index contributed by atoms with van der Waals surface area (Å²) < 4.78 is 0. The molecule has 0 aliphatic carbocycles. The number of hydrogen-bond acceptors (Lipinski definition) is 2. The van der Waals surface area contributed by atoms with Crippen molar-refractivity contribution in [3.8, 4) is 0 Å². The van der Waals surface area contributed by atoms with Gasteiger partial charge in [0.2, 0.25) is 0 Å². The predicted molar refractivity (Wildman–Crippen MR) is 62.0 cm³/mol. The van der Waals surface area contributed by atoms with Crippen molar-refractivity contribution in [2.75, 3.05) is 18.5 Å². The Labute approximate surface area is 90.9 Å². The third-order valence-electron chi connectivity index (χ3n) is 1.81. The highest BCUT2D eigenvalue weighted by atomic mass is 35.5. The second-order valence-corrected chi connectivity index (χ2v) is 5.19. The van der Waals surface area contributed by atoms with E-state index in [2.05, 4.69) is 30.7 Å². The van der Waals surface area contributed by atoms with E-state index >= 15 is 0 Å². The number of hydrogen-bond donors (Lipinski definition) is 0. The second-order valence-electron chi connectivity index (χ2n) is 4.75. The van der Waals surface area contributed by atoms with Crippen LogP contribution in [0.4, 0.5) is 5.82 Å². The van der Waals surface area contributed by atoms with Gasteiger partial charge in [0.15, 0.2) is 0 Å². The van der Waals surface area contributed by atoms with Gasteiger partial charge in [0.1, 0.15) is 5.82 Å². The van der Waals surface area contributed by atoms with E-state index in [0.717, 1.165) is 12.4 Å². The fourth-order valence-electron chi connectivity index (χ4n) is 1.39. The van der Waals surface area contributed by atoms with Crippen LogP contribution in [0.25, 0.3) is 0 Å². The Kier molecular flexibility index (Phi) is 3.38. The molecule has 0 N–H and O–H groups in total. The summed E-state index contributed by atoms with van der Waals surface area (Å²) in [6, 6.07) is 3.80. The minimum absolute atomic E-state index is 0.274. The van der Waals surface area contributed by atoms with E-state index in [-0.39, 0.29) is 5.41 Å². The summed E-state index contributed by atoms with van der Waals surface area (Å²) in [6.07, 6.45) is 1.68. The van der Waals surface area contributed by atoms with Gasteiger partial charge >= 0.3 is 0 Å².